The van der Waals surface area contributed by atoms with Gasteiger partial charge >= 0.3 is 5.97 Å². The fourth-order valence-electron chi connectivity index (χ4n) is 3.05. The molecular weight excluding hydrogens is 348 g/mol. The molecule has 0 saturated heterocycles. The van der Waals surface area contributed by atoms with Crippen molar-refractivity contribution in [2.24, 2.45) is 0 Å². The highest BCUT2D eigenvalue weighted by Crippen LogP contribution is 2.34. The molecule has 1 heterocycles. The van der Waals surface area contributed by atoms with Crippen molar-refractivity contribution < 1.29 is 27.5 Å². The molecule has 0 radical (unpaired) electrons. The van der Waals surface area contributed by atoms with Crippen LogP contribution in [0.15, 0.2) is 23.1 Å². The molecule has 1 fully saturated rings. The molecule has 25 heavy (non-hydrogen) atoms. The summed E-state index contributed by atoms with van der Waals surface area (Å²) in [5, 5.41) is 0. The van der Waals surface area contributed by atoms with Gasteiger partial charge in [-0.1, -0.05) is 12.8 Å². The van der Waals surface area contributed by atoms with Crippen LogP contribution in [0.2, 0.25) is 0 Å². The first kappa shape index (κ1) is 17.7. The number of ether oxygens (including phenoxy) is 2. The van der Waals surface area contributed by atoms with E-state index in [0.29, 0.717) is 5.75 Å². The Morgan fingerprint density at radius 3 is 2.76 bits per heavy atom. The van der Waals surface area contributed by atoms with Crippen LogP contribution in [0.5, 0.6) is 5.75 Å². The van der Waals surface area contributed by atoms with Crippen LogP contribution >= 0.6 is 0 Å². The summed E-state index contributed by atoms with van der Waals surface area (Å²) in [4.78, 5) is 24.8. The van der Waals surface area contributed by atoms with Crippen LogP contribution in [0.25, 0.3) is 0 Å². The zero-order chi connectivity index (χ0) is 18.0. The molecule has 1 saturated carbocycles. The van der Waals surface area contributed by atoms with Gasteiger partial charge in [-0.2, -0.15) is 0 Å². The van der Waals surface area contributed by atoms with E-state index >= 15 is 0 Å². The Labute approximate surface area is 146 Å². The molecular formula is C16H20N2O6S. The van der Waals surface area contributed by atoms with Crippen molar-refractivity contribution in [3.63, 3.8) is 0 Å². The molecule has 0 unspecified atom stereocenters. The summed E-state index contributed by atoms with van der Waals surface area (Å²) >= 11 is 0. The molecule has 3 rings (SSSR count). The number of carbonyl (C=O) groups excluding carboxylic acids is 2. The Kier molecular flexibility index (Phi) is 4.96. The molecule has 8 nitrogen and oxygen atoms in total. The van der Waals surface area contributed by atoms with E-state index in [0.717, 1.165) is 25.7 Å². The van der Waals surface area contributed by atoms with Crippen LogP contribution in [-0.2, 0) is 24.3 Å². The second kappa shape index (κ2) is 7.01. The predicted molar refractivity (Wildman–Crippen MR) is 88.9 cm³/mol. The van der Waals surface area contributed by atoms with Gasteiger partial charge in [-0.3, -0.25) is 14.5 Å². The Morgan fingerprint density at radius 2 is 2.08 bits per heavy atom. The third kappa shape index (κ3) is 3.77. The van der Waals surface area contributed by atoms with Crippen molar-refractivity contribution in [3.05, 3.63) is 18.2 Å². The molecule has 136 valence electrons. The van der Waals surface area contributed by atoms with Crippen molar-refractivity contribution in [3.8, 4) is 5.75 Å². The average Bonchev–Trinajstić information content (AvgIpc) is 3.09. The highest BCUT2D eigenvalue weighted by molar-refractivity contribution is 7.89. The van der Waals surface area contributed by atoms with E-state index in [9.17, 15) is 18.0 Å². The Balaban J connectivity index is 1.91. The number of rotatable bonds is 5. The molecule has 0 spiro atoms. The molecule has 2 aliphatic rings. The smallest absolute Gasteiger partial charge is 0.325 e. The van der Waals surface area contributed by atoms with Crippen LogP contribution in [0.4, 0.5) is 5.69 Å². The average molecular weight is 368 g/mol. The Morgan fingerprint density at radius 1 is 1.36 bits per heavy atom. The summed E-state index contributed by atoms with van der Waals surface area (Å²) in [7, 11) is -2.49. The van der Waals surface area contributed by atoms with Crippen LogP contribution in [0.1, 0.15) is 25.7 Å². The van der Waals surface area contributed by atoms with Crippen molar-refractivity contribution in [1.29, 1.82) is 0 Å². The van der Waals surface area contributed by atoms with Gasteiger partial charge in [-0.25, -0.2) is 13.1 Å². The molecule has 0 bridgehead atoms. The number of hydrogen-bond donors (Lipinski definition) is 1. The summed E-state index contributed by atoms with van der Waals surface area (Å²) in [6, 6.07) is 4.22. The minimum atomic E-state index is -3.71. The first-order chi connectivity index (χ1) is 11.9. The third-order valence-electron chi connectivity index (χ3n) is 4.38. The lowest BCUT2D eigenvalue weighted by Gasteiger charge is -2.28. The highest BCUT2D eigenvalue weighted by Gasteiger charge is 2.30. The van der Waals surface area contributed by atoms with Crippen molar-refractivity contribution in [1.82, 2.24) is 4.72 Å². The fourth-order valence-corrected chi connectivity index (χ4v) is 4.37. The number of methoxy groups -OCH3 is 1. The maximum atomic E-state index is 12.6. The van der Waals surface area contributed by atoms with Crippen molar-refractivity contribution in [2.75, 3.05) is 25.2 Å². The zero-order valence-corrected chi connectivity index (χ0v) is 14.7. The fraction of sp³-hybridized carbons (Fsp3) is 0.500. The van der Waals surface area contributed by atoms with E-state index in [2.05, 4.69) is 9.46 Å². The molecule has 1 aliphatic carbocycles. The lowest BCUT2D eigenvalue weighted by molar-refractivity contribution is -0.140. The number of nitrogens with one attached hydrogen (secondary N) is 1. The highest BCUT2D eigenvalue weighted by atomic mass is 32.2. The van der Waals surface area contributed by atoms with Crippen LogP contribution in [-0.4, -0.2) is 46.6 Å². The first-order valence-corrected chi connectivity index (χ1v) is 9.55. The molecule has 1 amide bonds. The van der Waals surface area contributed by atoms with Gasteiger partial charge in [-0.05, 0) is 31.0 Å². The maximum absolute atomic E-state index is 12.6. The number of nitrogens with zero attached hydrogens (tertiary/aromatic N) is 1. The number of anilines is 1. The Hall–Kier alpha value is -2.13. The van der Waals surface area contributed by atoms with E-state index in [4.69, 9.17) is 4.74 Å². The van der Waals surface area contributed by atoms with E-state index in [1.807, 2.05) is 0 Å². The predicted octanol–water partition coefficient (Wildman–Crippen LogP) is 0.806. The quantitative estimate of drug-likeness (QED) is 0.772. The van der Waals surface area contributed by atoms with E-state index in [1.54, 1.807) is 0 Å². The lowest BCUT2D eigenvalue weighted by atomic mass is 10.2. The van der Waals surface area contributed by atoms with Gasteiger partial charge in [0, 0.05) is 6.04 Å². The van der Waals surface area contributed by atoms with Crippen LogP contribution in [0.3, 0.4) is 0 Å². The number of hydrogen-bond acceptors (Lipinski definition) is 6. The van der Waals surface area contributed by atoms with E-state index in [1.165, 1.54) is 30.2 Å². The van der Waals surface area contributed by atoms with E-state index in [-0.39, 0.29) is 29.8 Å². The number of amides is 1. The third-order valence-corrected chi connectivity index (χ3v) is 5.89. The van der Waals surface area contributed by atoms with Gasteiger partial charge in [0.2, 0.25) is 10.0 Å². The summed E-state index contributed by atoms with van der Waals surface area (Å²) in [6.45, 7) is -0.512. The molecule has 1 aliphatic heterocycles. The topological polar surface area (TPSA) is 102 Å². The van der Waals surface area contributed by atoms with Gasteiger partial charge in [0.1, 0.15) is 12.3 Å². The van der Waals surface area contributed by atoms with Crippen LogP contribution in [0, 0.1) is 0 Å². The summed E-state index contributed by atoms with van der Waals surface area (Å²) in [6.07, 6.45) is 3.65. The molecule has 1 aromatic carbocycles. The second-order valence-electron chi connectivity index (χ2n) is 6.08. The largest absolute Gasteiger partial charge is 0.482 e. The minimum absolute atomic E-state index is 0.0336. The van der Waals surface area contributed by atoms with Crippen molar-refractivity contribution >= 4 is 27.6 Å². The monoisotopic (exact) mass is 368 g/mol. The minimum Gasteiger partial charge on any atom is -0.482 e. The number of esters is 1. The zero-order valence-electron chi connectivity index (χ0n) is 13.9. The van der Waals surface area contributed by atoms with Gasteiger partial charge in [-0.15, -0.1) is 0 Å². The standard InChI is InChI=1S/C16H20N2O6S/c1-23-16(20)9-18-13-8-12(6-7-14(13)24-10-15(18)19)25(21,22)17-11-4-2-3-5-11/h6-8,11,17H,2-5,9-10H2,1H3. The summed E-state index contributed by atoms with van der Waals surface area (Å²) < 4.78 is 37.8. The van der Waals surface area contributed by atoms with Crippen LogP contribution < -0.4 is 14.4 Å². The number of fused-ring (bicyclic) bond motifs is 1. The number of sulfonamides is 1. The molecule has 0 atom stereocenters. The molecule has 9 heteroatoms. The lowest BCUT2D eigenvalue weighted by Crippen LogP contribution is -2.42. The molecule has 0 aromatic heterocycles. The first-order valence-electron chi connectivity index (χ1n) is 8.07. The van der Waals surface area contributed by atoms with Gasteiger partial charge in [0.25, 0.3) is 5.91 Å². The SMILES string of the molecule is COC(=O)CN1C(=O)COc2ccc(S(=O)(=O)NC3CCCC3)cc21. The van der Waals surface area contributed by atoms with E-state index < -0.39 is 21.9 Å². The summed E-state index contributed by atoms with van der Waals surface area (Å²) in [5.41, 5.74) is 0.246. The normalized spacial score (nSPS) is 18.0. The van der Waals surface area contributed by atoms with Crippen molar-refractivity contribution in [2.45, 2.75) is 36.6 Å². The number of benzene rings is 1. The summed E-state index contributed by atoms with van der Waals surface area (Å²) in [5.74, 6) is -0.682. The van der Waals surface area contributed by atoms with Gasteiger partial charge in [0.05, 0.1) is 17.7 Å². The maximum Gasteiger partial charge on any atom is 0.325 e. The Bertz CT molecular complexity index is 786. The van der Waals surface area contributed by atoms with Gasteiger partial charge < -0.3 is 9.47 Å². The van der Waals surface area contributed by atoms with Gasteiger partial charge in [0.15, 0.2) is 6.61 Å². The second-order valence-corrected chi connectivity index (χ2v) is 7.79. The molecule has 1 N–H and O–H groups in total. The number of carbonyl (C=O) groups is 2. The molecule has 1 aromatic rings.